The normalized spacial score (nSPS) is 21.4. The molecule has 1 unspecified atom stereocenters. The molecule has 4 nitrogen and oxygen atoms in total. The molecule has 128 valence electrons. The molecule has 1 aromatic carbocycles. The highest BCUT2D eigenvalue weighted by Gasteiger charge is 2.33. The summed E-state index contributed by atoms with van der Waals surface area (Å²) in [6, 6.07) is 8.58. The van der Waals surface area contributed by atoms with Gasteiger partial charge in [0.15, 0.2) is 0 Å². The average Bonchev–Trinajstić information content (AvgIpc) is 2.59. The fourth-order valence-electron chi connectivity index (χ4n) is 3.10. The summed E-state index contributed by atoms with van der Waals surface area (Å²) in [5.74, 6) is 0.115. The smallest absolute Gasteiger partial charge is 0.240 e. The number of hydrogen-bond acceptors (Lipinski definition) is 3. The number of hydrogen-bond donors (Lipinski definition) is 2. The van der Waals surface area contributed by atoms with Crippen molar-refractivity contribution in [1.29, 1.82) is 0 Å². The third-order valence-corrected chi connectivity index (χ3v) is 4.90. The Morgan fingerprint density at radius 1 is 1.17 bits per heavy atom. The number of carbonyl (C=O) groups excluding carboxylic acids is 1. The van der Waals surface area contributed by atoms with Gasteiger partial charge < -0.3 is 10.6 Å². The summed E-state index contributed by atoms with van der Waals surface area (Å²) in [5.41, 5.74) is 2.08. The molecule has 1 fully saturated rings. The van der Waals surface area contributed by atoms with Crippen LogP contribution in [0.3, 0.4) is 0 Å². The van der Waals surface area contributed by atoms with Crippen LogP contribution in [0, 0.1) is 0 Å². The number of nitrogens with one attached hydrogen (secondary N) is 2. The summed E-state index contributed by atoms with van der Waals surface area (Å²) in [4.78, 5) is 14.8. The number of carbonyl (C=O) groups is 1. The Hall–Kier alpha value is -1.39. The minimum Gasteiger partial charge on any atom is -0.350 e. The number of amides is 1. The van der Waals surface area contributed by atoms with Crippen molar-refractivity contribution >= 4 is 5.91 Å². The van der Waals surface area contributed by atoms with Crippen molar-refractivity contribution in [3.63, 3.8) is 0 Å². The average molecular weight is 317 g/mol. The first kappa shape index (κ1) is 18.0. The second-order valence-corrected chi connectivity index (χ2v) is 6.68. The van der Waals surface area contributed by atoms with Crippen LogP contribution in [-0.4, -0.2) is 36.0 Å². The zero-order valence-electron chi connectivity index (χ0n) is 14.8. The molecule has 4 heteroatoms. The molecule has 0 bridgehead atoms. The van der Waals surface area contributed by atoms with Crippen LogP contribution >= 0.6 is 0 Å². The van der Waals surface area contributed by atoms with Crippen molar-refractivity contribution in [2.45, 2.75) is 58.7 Å². The quantitative estimate of drug-likeness (QED) is 0.813. The highest BCUT2D eigenvalue weighted by molar-refractivity contribution is 5.85. The largest absolute Gasteiger partial charge is 0.350 e. The van der Waals surface area contributed by atoms with E-state index in [4.69, 9.17) is 0 Å². The monoisotopic (exact) mass is 317 g/mol. The van der Waals surface area contributed by atoms with Crippen molar-refractivity contribution in [2.24, 2.45) is 0 Å². The van der Waals surface area contributed by atoms with Gasteiger partial charge in [-0.05, 0) is 56.9 Å². The predicted molar refractivity (Wildman–Crippen MR) is 95.2 cm³/mol. The van der Waals surface area contributed by atoms with E-state index in [0.717, 1.165) is 51.0 Å². The van der Waals surface area contributed by atoms with Gasteiger partial charge in [-0.1, -0.05) is 38.1 Å². The Kier molecular flexibility index (Phi) is 6.60. The number of nitrogens with zero attached hydrogens (tertiary/aromatic N) is 1. The molecular formula is C19H31N3O. The van der Waals surface area contributed by atoms with Gasteiger partial charge in [0.2, 0.25) is 5.91 Å². The zero-order valence-corrected chi connectivity index (χ0v) is 14.8. The molecule has 0 saturated carbocycles. The first-order valence-corrected chi connectivity index (χ1v) is 8.91. The van der Waals surface area contributed by atoms with E-state index in [1.807, 2.05) is 6.92 Å². The maximum atomic E-state index is 12.4. The van der Waals surface area contributed by atoms with Gasteiger partial charge in [0.1, 0.15) is 0 Å². The number of rotatable bonds is 7. The van der Waals surface area contributed by atoms with Crippen molar-refractivity contribution in [3.8, 4) is 0 Å². The Balaban J connectivity index is 1.85. The van der Waals surface area contributed by atoms with Crippen LogP contribution in [0.15, 0.2) is 24.3 Å². The molecule has 1 amide bonds. The molecule has 1 saturated heterocycles. The van der Waals surface area contributed by atoms with E-state index in [0.29, 0.717) is 6.54 Å². The maximum absolute atomic E-state index is 12.4. The lowest BCUT2D eigenvalue weighted by atomic mass is 9.90. The van der Waals surface area contributed by atoms with Crippen LogP contribution in [-0.2, 0) is 17.9 Å². The van der Waals surface area contributed by atoms with Crippen LogP contribution < -0.4 is 10.6 Å². The molecule has 2 N–H and O–H groups in total. The fraction of sp³-hybridized carbons (Fsp3) is 0.632. The molecule has 0 aliphatic carbocycles. The van der Waals surface area contributed by atoms with Crippen LogP contribution in [0.2, 0.25) is 0 Å². The molecule has 23 heavy (non-hydrogen) atoms. The maximum Gasteiger partial charge on any atom is 0.240 e. The standard InChI is InChI=1S/C19H31N3O/c1-4-22(5-2)15-17-10-8-16(9-11-17)14-20-18(23)19(3)12-6-7-13-21-19/h8-11,21H,4-7,12-15H2,1-3H3,(H,20,23). The lowest BCUT2D eigenvalue weighted by Crippen LogP contribution is -2.56. The highest BCUT2D eigenvalue weighted by atomic mass is 16.2. The highest BCUT2D eigenvalue weighted by Crippen LogP contribution is 2.19. The van der Waals surface area contributed by atoms with Crippen LogP contribution in [0.25, 0.3) is 0 Å². The number of benzene rings is 1. The predicted octanol–water partition coefficient (Wildman–Crippen LogP) is 2.68. The van der Waals surface area contributed by atoms with E-state index < -0.39 is 5.54 Å². The van der Waals surface area contributed by atoms with E-state index in [9.17, 15) is 4.79 Å². The third kappa shape index (κ3) is 5.05. The van der Waals surface area contributed by atoms with Crippen molar-refractivity contribution in [2.75, 3.05) is 19.6 Å². The molecule has 1 atom stereocenters. The lowest BCUT2D eigenvalue weighted by Gasteiger charge is -2.33. The Bertz CT molecular complexity index is 488. The Morgan fingerprint density at radius 2 is 1.83 bits per heavy atom. The van der Waals surface area contributed by atoms with Crippen LogP contribution in [0.1, 0.15) is 51.2 Å². The summed E-state index contributed by atoms with van der Waals surface area (Å²) in [6.45, 7) is 11.0. The fourth-order valence-corrected chi connectivity index (χ4v) is 3.10. The summed E-state index contributed by atoms with van der Waals surface area (Å²) in [5, 5.41) is 6.44. The second-order valence-electron chi connectivity index (χ2n) is 6.68. The van der Waals surface area contributed by atoms with Gasteiger partial charge in [-0.2, -0.15) is 0 Å². The first-order valence-electron chi connectivity index (χ1n) is 8.91. The van der Waals surface area contributed by atoms with Gasteiger partial charge >= 0.3 is 0 Å². The van der Waals surface area contributed by atoms with E-state index in [-0.39, 0.29) is 5.91 Å². The van der Waals surface area contributed by atoms with Gasteiger partial charge in [-0.15, -0.1) is 0 Å². The lowest BCUT2D eigenvalue weighted by molar-refractivity contribution is -0.128. The molecular weight excluding hydrogens is 286 g/mol. The molecule has 1 aliphatic heterocycles. The van der Waals surface area contributed by atoms with Crippen LogP contribution in [0.5, 0.6) is 0 Å². The summed E-state index contributed by atoms with van der Waals surface area (Å²) in [6.07, 6.45) is 3.20. The Morgan fingerprint density at radius 3 is 2.39 bits per heavy atom. The van der Waals surface area contributed by atoms with E-state index >= 15 is 0 Å². The molecule has 0 aromatic heterocycles. The van der Waals surface area contributed by atoms with E-state index in [1.54, 1.807) is 0 Å². The molecule has 1 aromatic rings. The van der Waals surface area contributed by atoms with E-state index in [1.165, 1.54) is 5.56 Å². The minimum atomic E-state index is -0.402. The first-order chi connectivity index (χ1) is 11.1. The molecule has 1 heterocycles. The van der Waals surface area contributed by atoms with Gasteiger partial charge in [-0.3, -0.25) is 9.69 Å². The topological polar surface area (TPSA) is 44.4 Å². The van der Waals surface area contributed by atoms with Gasteiger partial charge in [-0.25, -0.2) is 0 Å². The van der Waals surface area contributed by atoms with Gasteiger partial charge in [0.05, 0.1) is 5.54 Å². The second kappa shape index (κ2) is 8.46. The van der Waals surface area contributed by atoms with E-state index in [2.05, 4.69) is 53.6 Å². The molecule has 2 rings (SSSR count). The molecule has 1 aliphatic rings. The van der Waals surface area contributed by atoms with Crippen molar-refractivity contribution in [3.05, 3.63) is 35.4 Å². The molecule has 0 radical (unpaired) electrons. The van der Waals surface area contributed by atoms with Gasteiger partial charge in [0.25, 0.3) is 0 Å². The van der Waals surface area contributed by atoms with Crippen LogP contribution in [0.4, 0.5) is 0 Å². The summed E-state index contributed by atoms with van der Waals surface area (Å²) in [7, 11) is 0. The van der Waals surface area contributed by atoms with Crippen molar-refractivity contribution in [1.82, 2.24) is 15.5 Å². The third-order valence-electron chi connectivity index (χ3n) is 4.90. The summed E-state index contributed by atoms with van der Waals surface area (Å²) >= 11 is 0. The van der Waals surface area contributed by atoms with Gasteiger partial charge in [0, 0.05) is 13.1 Å². The minimum absolute atomic E-state index is 0.115. The number of piperidine rings is 1. The summed E-state index contributed by atoms with van der Waals surface area (Å²) < 4.78 is 0. The SMILES string of the molecule is CCN(CC)Cc1ccc(CNC(=O)C2(C)CCCCN2)cc1. The Labute approximate surface area is 140 Å². The zero-order chi connectivity index (χ0) is 16.7. The van der Waals surface area contributed by atoms with Crippen molar-refractivity contribution < 1.29 is 4.79 Å². The molecule has 0 spiro atoms.